The molecule has 12 heteroatoms. The Hall–Kier alpha value is -4.25. The number of amides is 2. The van der Waals surface area contributed by atoms with Crippen LogP contribution in [0.4, 0.5) is 19.0 Å². The number of halogens is 4. The van der Waals surface area contributed by atoms with Crippen LogP contribution in [0.5, 0.6) is 5.75 Å². The Bertz CT molecular complexity index is 1680. The summed E-state index contributed by atoms with van der Waals surface area (Å²) in [4.78, 5) is 57.9. The van der Waals surface area contributed by atoms with Gasteiger partial charge in [-0.3, -0.25) is 24.2 Å². The van der Waals surface area contributed by atoms with Gasteiger partial charge >= 0.3 is 6.18 Å². The van der Waals surface area contributed by atoms with Crippen molar-refractivity contribution in [1.82, 2.24) is 9.99 Å². The molecular weight excluding hydrogens is 575 g/mol. The SMILES string of the molecule is CC1=CC(=O)C2=C(C[C@@H]3C(=CC[C@@H]4C(=O)N(N(C)c5nc(C(F)(F)F)ccc5Cl)C(=O)[C@@H]43)[C@@H]2c2ccc(O)cc2)C1=O. The molecule has 2 aromatic rings. The minimum absolute atomic E-state index is 0.0110. The molecule has 2 amide bonds. The predicted octanol–water partition coefficient (Wildman–Crippen LogP) is 4.94. The van der Waals surface area contributed by atoms with Crippen molar-refractivity contribution >= 4 is 40.8 Å². The van der Waals surface area contributed by atoms with Crippen LogP contribution in [0.25, 0.3) is 0 Å². The van der Waals surface area contributed by atoms with E-state index in [4.69, 9.17) is 11.6 Å². The van der Waals surface area contributed by atoms with Gasteiger partial charge in [-0.05, 0) is 61.6 Å². The third kappa shape index (κ3) is 4.17. The second kappa shape index (κ2) is 9.65. The maximum absolute atomic E-state index is 14.0. The highest BCUT2D eigenvalue weighted by Crippen LogP contribution is 2.55. The first kappa shape index (κ1) is 27.9. The Kier molecular flexibility index (Phi) is 6.41. The Morgan fingerprint density at radius 3 is 2.38 bits per heavy atom. The Morgan fingerprint density at radius 2 is 1.71 bits per heavy atom. The Morgan fingerprint density at radius 1 is 1.02 bits per heavy atom. The molecule has 0 spiro atoms. The number of nitrogens with zero attached hydrogens (tertiary/aromatic N) is 3. The third-order valence-electron chi connectivity index (χ3n) is 8.49. The standard InChI is InChI=1S/C30H23ClF3N3O5/c1-13-11-21(39)25-19(26(13)40)12-18-16(23(25)14-3-5-15(38)6-4-14)7-8-17-24(18)29(42)37(28(17)41)36(2)27-20(31)9-10-22(35-27)30(32,33)34/h3-7,9-11,17-18,23-24,38H,8,12H2,1-2H3/t17-,18+,23-,24-/m0/s1. The van der Waals surface area contributed by atoms with Gasteiger partial charge in [0.15, 0.2) is 17.4 Å². The van der Waals surface area contributed by atoms with Crippen molar-refractivity contribution in [2.75, 3.05) is 12.1 Å². The van der Waals surface area contributed by atoms with Crippen molar-refractivity contribution in [3.05, 3.63) is 87.1 Å². The van der Waals surface area contributed by atoms with Crippen LogP contribution in [-0.4, -0.2) is 45.5 Å². The summed E-state index contributed by atoms with van der Waals surface area (Å²) < 4.78 is 40.2. The molecule has 1 aromatic heterocycles. The van der Waals surface area contributed by atoms with Crippen LogP contribution in [0.2, 0.25) is 5.02 Å². The summed E-state index contributed by atoms with van der Waals surface area (Å²) >= 11 is 6.17. The van der Waals surface area contributed by atoms with Crippen LogP contribution in [0, 0.1) is 17.8 Å². The maximum atomic E-state index is 14.0. The summed E-state index contributed by atoms with van der Waals surface area (Å²) in [5, 5.41) is 11.4. The molecule has 1 fully saturated rings. The predicted molar refractivity (Wildman–Crippen MR) is 144 cm³/mol. The number of alkyl halides is 3. The fourth-order valence-corrected chi connectivity index (χ4v) is 6.85. The number of hydrogen-bond donors (Lipinski definition) is 1. The molecule has 8 nitrogen and oxygen atoms in total. The lowest BCUT2D eigenvalue weighted by Crippen LogP contribution is -2.46. The number of fused-ring (bicyclic) bond motifs is 3. The van der Waals surface area contributed by atoms with E-state index in [0.717, 1.165) is 16.1 Å². The first-order chi connectivity index (χ1) is 19.8. The topological polar surface area (TPSA) is 108 Å². The number of carbonyl (C=O) groups excluding carboxylic acids is 4. The molecule has 0 bridgehead atoms. The molecule has 1 N–H and O–H groups in total. The number of anilines is 1. The molecule has 1 aliphatic heterocycles. The zero-order valence-corrected chi connectivity index (χ0v) is 23.0. The number of pyridine rings is 1. The minimum Gasteiger partial charge on any atom is -0.508 e. The number of phenolic OH excluding ortho intramolecular Hbond substituents is 1. The number of ketones is 2. The lowest BCUT2D eigenvalue weighted by molar-refractivity contribution is -0.141. The highest BCUT2D eigenvalue weighted by Gasteiger charge is 2.57. The quantitative estimate of drug-likeness (QED) is 0.303. The average molecular weight is 598 g/mol. The van der Waals surface area contributed by atoms with Gasteiger partial charge in [-0.1, -0.05) is 35.4 Å². The summed E-state index contributed by atoms with van der Waals surface area (Å²) in [5.74, 6) is -5.42. The van der Waals surface area contributed by atoms with Crippen molar-refractivity contribution in [1.29, 1.82) is 0 Å². The van der Waals surface area contributed by atoms with Gasteiger partial charge in [-0.2, -0.15) is 18.2 Å². The fraction of sp³-hybridized carbons (Fsp3) is 0.300. The Balaban J connectivity index is 1.42. The molecule has 0 unspecified atom stereocenters. The van der Waals surface area contributed by atoms with Crippen molar-refractivity contribution in [3.63, 3.8) is 0 Å². The molecule has 4 atom stereocenters. The molecule has 6 rings (SSSR count). The average Bonchev–Trinajstić information content (AvgIpc) is 3.20. The highest BCUT2D eigenvalue weighted by atomic mass is 35.5. The van der Waals surface area contributed by atoms with Gasteiger partial charge < -0.3 is 5.11 Å². The molecule has 1 saturated heterocycles. The van der Waals surface area contributed by atoms with Gasteiger partial charge in [0.25, 0.3) is 11.8 Å². The van der Waals surface area contributed by atoms with Crippen molar-refractivity contribution < 1.29 is 37.5 Å². The number of phenols is 1. The zero-order chi connectivity index (χ0) is 30.2. The lowest BCUT2D eigenvalue weighted by Gasteiger charge is -2.42. The van der Waals surface area contributed by atoms with E-state index in [-0.39, 0.29) is 46.3 Å². The Labute approximate surface area is 242 Å². The molecular formula is C30H23ClF3N3O5. The summed E-state index contributed by atoms with van der Waals surface area (Å²) in [6, 6.07) is 7.93. The summed E-state index contributed by atoms with van der Waals surface area (Å²) in [5.41, 5.74) is 0.952. The number of imide groups is 1. The molecule has 0 saturated carbocycles. The third-order valence-corrected chi connectivity index (χ3v) is 8.78. The van der Waals surface area contributed by atoms with Crippen LogP contribution >= 0.6 is 11.6 Å². The first-order valence-corrected chi connectivity index (χ1v) is 13.5. The molecule has 216 valence electrons. The van der Waals surface area contributed by atoms with Gasteiger partial charge in [0.1, 0.15) is 11.4 Å². The lowest BCUT2D eigenvalue weighted by atomic mass is 9.59. The molecule has 3 aliphatic carbocycles. The number of carbonyl (C=O) groups is 4. The van der Waals surface area contributed by atoms with Crippen LogP contribution in [0.15, 0.2) is 70.8 Å². The normalized spacial score (nSPS) is 25.6. The summed E-state index contributed by atoms with van der Waals surface area (Å²) in [6.45, 7) is 1.54. The molecule has 1 aromatic carbocycles. The van der Waals surface area contributed by atoms with E-state index in [1.165, 1.54) is 25.3 Å². The second-order valence-corrected chi connectivity index (χ2v) is 11.2. The summed E-state index contributed by atoms with van der Waals surface area (Å²) in [6.07, 6.45) is -1.47. The molecule has 2 heterocycles. The number of hydrogen-bond acceptors (Lipinski definition) is 7. The highest BCUT2D eigenvalue weighted by molar-refractivity contribution is 6.33. The number of rotatable bonds is 3. The number of allylic oxidation sites excluding steroid dienone is 6. The van der Waals surface area contributed by atoms with E-state index in [1.54, 1.807) is 19.1 Å². The van der Waals surface area contributed by atoms with E-state index in [0.29, 0.717) is 22.8 Å². The summed E-state index contributed by atoms with van der Waals surface area (Å²) in [7, 11) is 1.24. The number of aromatic nitrogens is 1. The van der Waals surface area contributed by atoms with Crippen molar-refractivity contribution in [3.8, 4) is 5.75 Å². The minimum atomic E-state index is -4.78. The van der Waals surface area contributed by atoms with Crippen LogP contribution in [0.1, 0.15) is 36.9 Å². The first-order valence-electron chi connectivity index (χ1n) is 13.1. The molecule has 42 heavy (non-hydrogen) atoms. The van der Waals surface area contributed by atoms with E-state index in [1.807, 2.05) is 6.08 Å². The number of Topliss-reactive ketones (excluding diaryl/α,β-unsaturated/α-hetero) is 1. The maximum Gasteiger partial charge on any atom is 0.433 e. The smallest absolute Gasteiger partial charge is 0.433 e. The number of hydrazine groups is 1. The molecule has 4 aliphatic rings. The van der Waals surface area contributed by atoms with E-state index in [9.17, 15) is 37.5 Å². The largest absolute Gasteiger partial charge is 0.508 e. The van der Waals surface area contributed by atoms with Gasteiger partial charge in [0, 0.05) is 29.7 Å². The van der Waals surface area contributed by atoms with Crippen LogP contribution < -0.4 is 5.01 Å². The number of benzene rings is 1. The zero-order valence-electron chi connectivity index (χ0n) is 22.3. The van der Waals surface area contributed by atoms with E-state index in [2.05, 4.69) is 4.98 Å². The van der Waals surface area contributed by atoms with Crippen molar-refractivity contribution in [2.24, 2.45) is 17.8 Å². The van der Waals surface area contributed by atoms with Gasteiger partial charge in [-0.15, -0.1) is 0 Å². The second-order valence-electron chi connectivity index (χ2n) is 10.8. The van der Waals surface area contributed by atoms with Gasteiger partial charge in [-0.25, -0.2) is 4.98 Å². The van der Waals surface area contributed by atoms with Gasteiger partial charge in [0.2, 0.25) is 0 Å². The number of aromatic hydroxyl groups is 1. The van der Waals surface area contributed by atoms with Crippen LogP contribution in [-0.2, 0) is 25.4 Å². The van der Waals surface area contributed by atoms with Crippen LogP contribution in [0.3, 0.4) is 0 Å². The van der Waals surface area contributed by atoms with Gasteiger partial charge in [0.05, 0.1) is 16.9 Å². The molecule has 0 radical (unpaired) electrons. The monoisotopic (exact) mass is 597 g/mol. The van der Waals surface area contributed by atoms with E-state index < -0.39 is 53.2 Å². The fourth-order valence-electron chi connectivity index (χ4n) is 6.62. The van der Waals surface area contributed by atoms with Crippen molar-refractivity contribution in [2.45, 2.75) is 31.9 Å². The van der Waals surface area contributed by atoms with E-state index >= 15 is 0 Å².